The Bertz CT molecular complexity index is 943. The lowest BCUT2D eigenvalue weighted by molar-refractivity contribution is 1.20. The summed E-state index contributed by atoms with van der Waals surface area (Å²) in [5.74, 6) is 0. The Kier molecular flexibility index (Phi) is 4.88. The smallest absolute Gasteiger partial charge is 0.0482 e. The molecule has 0 N–H and O–H groups in total. The number of para-hydroxylation sites is 3. The highest BCUT2D eigenvalue weighted by atomic mass is 15.2. The van der Waals surface area contributed by atoms with Gasteiger partial charge in [0.2, 0.25) is 0 Å². The van der Waals surface area contributed by atoms with Crippen molar-refractivity contribution in [2.24, 2.45) is 0 Å². The SMILES string of the molecule is CN(c1ccccc1)c1cccc(N(c2ccccc2)c2ccccc2)c1. The quantitative estimate of drug-likeness (QED) is 0.385. The van der Waals surface area contributed by atoms with Gasteiger partial charge in [-0.3, -0.25) is 0 Å². The van der Waals surface area contributed by atoms with E-state index < -0.39 is 0 Å². The number of hydrogen-bond acceptors (Lipinski definition) is 2. The average Bonchev–Trinajstić information content (AvgIpc) is 2.76. The van der Waals surface area contributed by atoms with Crippen molar-refractivity contribution in [1.29, 1.82) is 0 Å². The molecule has 0 aliphatic carbocycles. The standard InChI is InChI=1S/C25H22N2/c1-26(21-12-5-2-6-13-21)24-18-11-19-25(20-24)27(22-14-7-3-8-15-22)23-16-9-4-10-17-23/h2-20H,1H3. The highest BCUT2D eigenvalue weighted by Crippen LogP contribution is 2.36. The molecule has 0 saturated carbocycles. The van der Waals surface area contributed by atoms with Crippen molar-refractivity contribution in [1.82, 2.24) is 0 Å². The van der Waals surface area contributed by atoms with Crippen molar-refractivity contribution in [2.45, 2.75) is 0 Å². The van der Waals surface area contributed by atoms with Crippen molar-refractivity contribution in [3.8, 4) is 0 Å². The van der Waals surface area contributed by atoms with Crippen molar-refractivity contribution in [3.05, 3.63) is 115 Å². The van der Waals surface area contributed by atoms with Crippen LogP contribution in [0.1, 0.15) is 0 Å². The van der Waals surface area contributed by atoms with Gasteiger partial charge in [0.15, 0.2) is 0 Å². The molecule has 4 rings (SSSR count). The molecule has 132 valence electrons. The Morgan fingerprint density at radius 3 is 1.33 bits per heavy atom. The maximum atomic E-state index is 2.28. The zero-order valence-corrected chi connectivity index (χ0v) is 15.4. The maximum Gasteiger partial charge on any atom is 0.0482 e. The van der Waals surface area contributed by atoms with E-state index in [-0.39, 0.29) is 0 Å². The molecule has 0 heterocycles. The van der Waals surface area contributed by atoms with Crippen LogP contribution in [0, 0.1) is 0 Å². The molecule has 2 heteroatoms. The molecule has 4 aromatic carbocycles. The Morgan fingerprint density at radius 2 is 0.815 bits per heavy atom. The lowest BCUT2D eigenvalue weighted by atomic mass is 10.1. The van der Waals surface area contributed by atoms with Crippen molar-refractivity contribution >= 4 is 28.4 Å². The van der Waals surface area contributed by atoms with Gasteiger partial charge in [-0.25, -0.2) is 0 Å². The Balaban J connectivity index is 1.77. The van der Waals surface area contributed by atoms with Crippen LogP contribution in [0.25, 0.3) is 0 Å². The number of rotatable bonds is 5. The molecule has 4 aromatic rings. The third-order valence-corrected chi connectivity index (χ3v) is 4.65. The zero-order chi connectivity index (χ0) is 18.5. The first kappa shape index (κ1) is 16.9. The van der Waals surface area contributed by atoms with Crippen LogP contribution < -0.4 is 9.80 Å². The summed E-state index contributed by atoms with van der Waals surface area (Å²) < 4.78 is 0. The van der Waals surface area contributed by atoms with Crippen molar-refractivity contribution in [3.63, 3.8) is 0 Å². The predicted octanol–water partition coefficient (Wildman–Crippen LogP) is 6.92. The van der Waals surface area contributed by atoms with E-state index in [9.17, 15) is 0 Å². The van der Waals surface area contributed by atoms with Crippen LogP contribution >= 0.6 is 0 Å². The van der Waals surface area contributed by atoms with Crippen LogP contribution in [0.15, 0.2) is 115 Å². The minimum atomic E-state index is 1.13. The third kappa shape index (κ3) is 3.70. The monoisotopic (exact) mass is 350 g/mol. The zero-order valence-electron chi connectivity index (χ0n) is 15.4. The Labute approximate surface area is 160 Å². The van der Waals surface area contributed by atoms with Gasteiger partial charge in [0.1, 0.15) is 0 Å². The minimum Gasteiger partial charge on any atom is -0.345 e. The van der Waals surface area contributed by atoms with E-state index >= 15 is 0 Å². The van der Waals surface area contributed by atoms with Crippen LogP contribution in [0.4, 0.5) is 28.4 Å². The van der Waals surface area contributed by atoms with Crippen LogP contribution in [0.3, 0.4) is 0 Å². The number of anilines is 5. The van der Waals surface area contributed by atoms with Crippen molar-refractivity contribution < 1.29 is 0 Å². The Morgan fingerprint density at radius 1 is 0.407 bits per heavy atom. The number of hydrogen-bond donors (Lipinski definition) is 0. The summed E-state index contributed by atoms with van der Waals surface area (Å²) in [6.07, 6.45) is 0. The molecule has 2 nitrogen and oxygen atoms in total. The third-order valence-electron chi connectivity index (χ3n) is 4.65. The Hall–Kier alpha value is -3.52. The fraction of sp³-hybridized carbons (Fsp3) is 0.0400. The molecular weight excluding hydrogens is 328 g/mol. The summed E-state index contributed by atoms with van der Waals surface area (Å²) in [5, 5.41) is 0. The molecule has 0 amide bonds. The van der Waals surface area contributed by atoms with Gasteiger partial charge >= 0.3 is 0 Å². The molecule has 0 aromatic heterocycles. The van der Waals surface area contributed by atoms with Crippen LogP contribution in [0.2, 0.25) is 0 Å². The highest BCUT2D eigenvalue weighted by Gasteiger charge is 2.13. The van der Waals surface area contributed by atoms with E-state index in [1.165, 1.54) is 5.69 Å². The lowest BCUT2D eigenvalue weighted by Crippen LogP contribution is -2.12. The molecule has 0 fully saturated rings. The average molecular weight is 350 g/mol. The number of nitrogens with zero attached hydrogens (tertiary/aromatic N) is 2. The first-order valence-electron chi connectivity index (χ1n) is 9.12. The van der Waals surface area contributed by atoms with Gasteiger partial charge in [-0.15, -0.1) is 0 Å². The highest BCUT2D eigenvalue weighted by molar-refractivity contribution is 5.79. The van der Waals surface area contributed by atoms with Gasteiger partial charge in [0, 0.05) is 35.5 Å². The molecule has 0 radical (unpaired) electrons. The molecule has 0 unspecified atom stereocenters. The van der Waals surface area contributed by atoms with Crippen molar-refractivity contribution in [2.75, 3.05) is 16.8 Å². The van der Waals surface area contributed by atoms with E-state index in [4.69, 9.17) is 0 Å². The lowest BCUT2D eigenvalue weighted by Gasteiger charge is -2.27. The molecule has 0 aliphatic heterocycles. The van der Waals surface area contributed by atoms with E-state index in [0.29, 0.717) is 0 Å². The van der Waals surface area contributed by atoms with Gasteiger partial charge in [0.25, 0.3) is 0 Å². The second kappa shape index (κ2) is 7.79. The summed E-state index contributed by atoms with van der Waals surface area (Å²) in [6.45, 7) is 0. The van der Waals surface area contributed by atoms with E-state index in [1.54, 1.807) is 0 Å². The van der Waals surface area contributed by atoms with Crippen LogP contribution in [-0.4, -0.2) is 7.05 Å². The van der Waals surface area contributed by atoms with E-state index in [1.807, 2.05) is 18.2 Å². The maximum absolute atomic E-state index is 2.28. The second-order valence-electron chi connectivity index (χ2n) is 6.42. The summed E-state index contributed by atoms with van der Waals surface area (Å²) in [7, 11) is 2.10. The normalized spacial score (nSPS) is 10.4. The first-order chi connectivity index (χ1) is 13.3. The number of benzene rings is 4. The molecule has 0 bridgehead atoms. The molecule has 0 saturated heterocycles. The minimum absolute atomic E-state index is 1.13. The van der Waals surface area contributed by atoms with Gasteiger partial charge in [-0.05, 0) is 54.6 Å². The molecule has 27 heavy (non-hydrogen) atoms. The van der Waals surface area contributed by atoms with E-state index in [0.717, 1.165) is 22.7 Å². The van der Waals surface area contributed by atoms with Gasteiger partial charge in [0.05, 0.1) is 0 Å². The molecule has 0 spiro atoms. The van der Waals surface area contributed by atoms with Gasteiger partial charge < -0.3 is 9.80 Å². The topological polar surface area (TPSA) is 6.48 Å². The second-order valence-corrected chi connectivity index (χ2v) is 6.42. The first-order valence-corrected chi connectivity index (χ1v) is 9.12. The fourth-order valence-corrected chi connectivity index (χ4v) is 3.24. The molecule has 0 aliphatic rings. The van der Waals surface area contributed by atoms with Gasteiger partial charge in [-0.1, -0.05) is 60.7 Å². The summed E-state index contributed by atoms with van der Waals surface area (Å²) in [5.41, 5.74) is 5.73. The molecule has 0 atom stereocenters. The van der Waals surface area contributed by atoms with Gasteiger partial charge in [-0.2, -0.15) is 0 Å². The summed E-state index contributed by atoms with van der Waals surface area (Å²) >= 11 is 0. The largest absolute Gasteiger partial charge is 0.345 e. The van der Waals surface area contributed by atoms with Crippen LogP contribution in [-0.2, 0) is 0 Å². The van der Waals surface area contributed by atoms with E-state index in [2.05, 4.69) is 114 Å². The van der Waals surface area contributed by atoms with Crippen LogP contribution in [0.5, 0.6) is 0 Å². The molecular formula is C25H22N2. The summed E-state index contributed by atoms with van der Waals surface area (Å²) in [4.78, 5) is 4.49. The summed E-state index contributed by atoms with van der Waals surface area (Å²) in [6, 6.07) is 40.0. The fourth-order valence-electron chi connectivity index (χ4n) is 3.24. The predicted molar refractivity (Wildman–Crippen MR) is 116 cm³/mol.